The van der Waals surface area contributed by atoms with Gasteiger partial charge in [0.1, 0.15) is 5.69 Å². The molecule has 0 aromatic carbocycles. The van der Waals surface area contributed by atoms with Gasteiger partial charge >= 0.3 is 0 Å². The summed E-state index contributed by atoms with van der Waals surface area (Å²) in [5, 5.41) is 7.54. The van der Waals surface area contributed by atoms with E-state index in [9.17, 15) is 4.79 Å². The maximum absolute atomic E-state index is 12.7. The molecular weight excluding hydrogens is 378 g/mol. The second-order valence-corrected chi connectivity index (χ2v) is 7.95. The minimum atomic E-state index is -0.0103. The Bertz CT molecular complexity index is 1010. The maximum Gasteiger partial charge on any atom is 0.274 e. The molecule has 30 heavy (non-hydrogen) atoms. The van der Waals surface area contributed by atoms with Crippen LogP contribution in [0.4, 0.5) is 5.95 Å². The number of likely N-dealkylation sites (tertiary alicyclic amines) is 1. The van der Waals surface area contributed by atoms with Crippen LogP contribution in [0.3, 0.4) is 0 Å². The number of pyridine rings is 1. The van der Waals surface area contributed by atoms with E-state index >= 15 is 0 Å². The molecule has 1 aliphatic rings. The summed E-state index contributed by atoms with van der Waals surface area (Å²) in [6.07, 6.45) is 7.13. The van der Waals surface area contributed by atoms with Crippen molar-refractivity contribution in [3.63, 3.8) is 0 Å². The molecule has 4 rings (SSSR count). The fourth-order valence-electron chi connectivity index (χ4n) is 3.80. The highest BCUT2D eigenvalue weighted by Gasteiger charge is 2.28. The highest BCUT2D eigenvalue weighted by Crippen LogP contribution is 2.34. The van der Waals surface area contributed by atoms with E-state index in [4.69, 9.17) is 4.98 Å². The van der Waals surface area contributed by atoms with Gasteiger partial charge in [0, 0.05) is 56.3 Å². The summed E-state index contributed by atoms with van der Waals surface area (Å²) in [4.78, 5) is 28.5. The first-order valence-corrected chi connectivity index (χ1v) is 10.3. The van der Waals surface area contributed by atoms with Crippen molar-refractivity contribution in [2.45, 2.75) is 38.6 Å². The van der Waals surface area contributed by atoms with Crippen molar-refractivity contribution in [1.82, 2.24) is 29.6 Å². The van der Waals surface area contributed by atoms with Crippen molar-refractivity contribution >= 4 is 11.9 Å². The van der Waals surface area contributed by atoms with Crippen LogP contribution in [0.2, 0.25) is 0 Å². The Balaban J connectivity index is 1.56. The maximum atomic E-state index is 12.7. The lowest BCUT2D eigenvalue weighted by molar-refractivity contribution is 0.0705. The lowest BCUT2D eigenvalue weighted by Crippen LogP contribution is -2.38. The highest BCUT2D eigenvalue weighted by atomic mass is 16.2. The molecule has 0 bridgehead atoms. The SMILES string of the molecule is CC(C)Nc1ncc(-c2ccccn2)c(C2CCN(C(=O)c3ccn(C)n3)CC2)n1. The van der Waals surface area contributed by atoms with Gasteiger partial charge in [-0.05, 0) is 44.9 Å². The number of aromatic nitrogens is 5. The van der Waals surface area contributed by atoms with Gasteiger partial charge in [0.25, 0.3) is 5.91 Å². The van der Waals surface area contributed by atoms with Gasteiger partial charge in [0.15, 0.2) is 0 Å². The van der Waals surface area contributed by atoms with Gasteiger partial charge in [-0.2, -0.15) is 5.10 Å². The molecule has 4 heterocycles. The Morgan fingerprint density at radius 2 is 1.97 bits per heavy atom. The van der Waals surface area contributed by atoms with Crippen molar-refractivity contribution in [2.24, 2.45) is 7.05 Å². The topological polar surface area (TPSA) is 88.8 Å². The first kappa shape index (κ1) is 20.0. The van der Waals surface area contributed by atoms with E-state index in [0.717, 1.165) is 29.8 Å². The van der Waals surface area contributed by atoms with Crippen molar-refractivity contribution < 1.29 is 4.79 Å². The predicted octanol–water partition coefficient (Wildman–Crippen LogP) is 3.11. The molecule has 0 unspecified atom stereocenters. The molecule has 0 saturated carbocycles. The molecule has 0 radical (unpaired) electrons. The molecule has 3 aromatic rings. The lowest BCUT2D eigenvalue weighted by atomic mass is 9.90. The van der Waals surface area contributed by atoms with Gasteiger partial charge in [0.05, 0.1) is 11.4 Å². The Morgan fingerprint density at radius 1 is 1.17 bits per heavy atom. The lowest BCUT2D eigenvalue weighted by Gasteiger charge is -2.32. The summed E-state index contributed by atoms with van der Waals surface area (Å²) in [5.74, 6) is 0.862. The molecule has 0 atom stereocenters. The largest absolute Gasteiger partial charge is 0.352 e. The van der Waals surface area contributed by atoms with E-state index in [0.29, 0.717) is 24.7 Å². The van der Waals surface area contributed by atoms with Gasteiger partial charge in [0.2, 0.25) is 5.95 Å². The average molecular weight is 406 g/mol. The van der Waals surface area contributed by atoms with E-state index in [-0.39, 0.29) is 17.9 Å². The fraction of sp³-hybridized carbons (Fsp3) is 0.409. The fourth-order valence-corrected chi connectivity index (χ4v) is 3.80. The zero-order valence-corrected chi connectivity index (χ0v) is 17.6. The van der Waals surface area contributed by atoms with Crippen LogP contribution in [-0.4, -0.2) is 54.7 Å². The molecular formula is C22H27N7O. The smallest absolute Gasteiger partial charge is 0.274 e. The molecule has 0 aliphatic carbocycles. The van der Waals surface area contributed by atoms with Gasteiger partial charge in [-0.3, -0.25) is 14.5 Å². The number of amides is 1. The van der Waals surface area contributed by atoms with Crippen molar-refractivity contribution in [3.8, 4) is 11.3 Å². The summed E-state index contributed by atoms with van der Waals surface area (Å²) in [6, 6.07) is 7.87. The zero-order chi connectivity index (χ0) is 21.1. The highest BCUT2D eigenvalue weighted by molar-refractivity contribution is 5.92. The van der Waals surface area contributed by atoms with Gasteiger partial charge in [-0.1, -0.05) is 6.07 Å². The summed E-state index contributed by atoms with van der Waals surface area (Å²) >= 11 is 0. The third-order valence-electron chi connectivity index (χ3n) is 5.28. The molecule has 0 spiro atoms. The van der Waals surface area contributed by atoms with E-state index in [1.54, 1.807) is 23.1 Å². The summed E-state index contributed by atoms with van der Waals surface area (Å²) in [5.41, 5.74) is 3.32. The van der Waals surface area contributed by atoms with E-state index in [1.165, 1.54) is 0 Å². The van der Waals surface area contributed by atoms with Crippen LogP contribution >= 0.6 is 0 Å². The van der Waals surface area contributed by atoms with Crippen LogP contribution in [0.15, 0.2) is 42.9 Å². The minimum Gasteiger partial charge on any atom is -0.352 e. The molecule has 3 aromatic heterocycles. The quantitative estimate of drug-likeness (QED) is 0.702. The van der Waals surface area contributed by atoms with Crippen LogP contribution in [0, 0.1) is 0 Å². The number of aryl methyl sites for hydroxylation is 1. The second-order valence-electron chi connectivity index (χ2n) is 7.95. The van der Waals surface area contributed by atoms with Gasteiger partial charge in [-0.15, -0.1) is 0 Å². The summed E-state index contributed by atoms with van der Waals surface area (Å²) in [7, 11) is 1.82. The monoisotopic (exact) mass is 405 g/mol. The Hall–Kier alpha value is -3.29. The molecule has 156 valence electrons. The van der Waals surface area contributed by atoms with Crippen LogP contribution in [0.25, 0.3) is 11.3 Å². The van der Waals surface area contributed by atoms with Gasteiger partial charge in [-0.25, -0.2) is 9.97 Å². The number of rotatable bonds is 5. The minimum absolute atomic E-state index is 0.0103. The first-order valence-electron chi connectivity index (χ1n) is 10.3. The molecule has 1 fully saturated rings. The van der Waals surface area contributed by atoms with Crippen LogP contribution < -0.4 is 5.32 Å². The Labute approximate surface area is 176 Å². The van der Waals surface area contributed by atoms with Crippen molar-refractivity contribution in [2.75, 3.05) is 18.4 Å². The first-order chi connectivity index (χ1) is 14.5. The standard InChI is InChI=1S/C22H27N7O/c1-15(2)25-22-24-14-17(18-6-4-5-10-23-18)20(26-22)16-7-12-29(13-8-16)21(30)19-9-11-28(3)27-19/h4-6,9-11,14-16H,7-8,12-13H2,1-3H3,(H,24,25,26). The zero-order valence-electron chi connectivity index (χ0n) is 17.6. The number of carbonyl (C=O) groups is 1. The van der Waals surface area contributed by atoms with Crippen molar-refractivity contribution in [1.29, 1.82) is 0 Å². The number of hydrogen-bond donors (Lipinski definition) is 1. The van der Waals surface area contributed by atoms with Crippen LogP contribution in [0.5, 0.6) is 0 Å². The normalized spacial score (nSPS) is 14.9. The number of nitrogens with one attached hydrogen (secondary N) is 1. The molecule has 1 aliphatic heterocycles. The Morgan fingerprint density at radius 3 is 2.60 bits per heavy atom. The van der Waals surface area contributed by atoms with E-state index in [1.807, 2.05) is 36.3 Å². The third-order valence-corrected chi connectivity index (χ3v) is 5.28. The predicted molar refractivity (Wildman–Crippen MR) is 115 cm³/mol. The number of piperidine rings is 1. The van der Waals surface area contributed by atoms with Crippen LogP contribution in [-0.2, 0) is 7.05 Å². The third kappa shape index (κ3) is 4.32. The summed E-state index contributed by atoms with van der Waals surface area (Å²) < 4.78 is 1.66. The number of nitrogens with zero attached hydrogens (tertiary/aromatic N) is 6. The number of anilines is 1. The summed E-state index contributed by atoms with van der Waals surface area (Å²) in [6.45, 7) is 5.49. The van der Waals surface area contributed by atoms with Gasteiger partial charge < -0.3 is 10.2 Å². The second kappa shape index (κ2) is 8.61. The Kier molecular flexibility index (Phi) is 5.74. The molecule has 1 N–H and O–H groups in total. The van der Waals surface area contributed by atoms with E-state index < -0.39 is 0 Å². The van der Waals surface area contributed by atoms with Crippen LogP contribution in [0.1, 0.15) is 48.8 Å². The molecule has 1 amide bonds. The molecule has 8 nitrogen and oxygen atoms in total. The van der Waals surface area contributed by atoms with Crippen molar-refractivity contribution in [3.05, 3.63) is 54.2 Å². The molecule has 8 heteroatoms. The number of carbonyl (C=O) groups excluding carboxylic acids is 1. The number of hydrogen-bond acceptors (Lipinski definition) is 6. The molecule has 1 saturated heterocycles. The average Bonchev–Trinajstić information content (AvgIpc) is 3.20. The van der Waals surface area contributed by atoms with E-state index in [2.05, 4.69) is 34.2 Å².